The molecular formula is C18H16O6. The highest BCUT2D eigenvalue weighted by Gasteiger charge is 2.58. The van der Waals surface area contributed by atoms with Crippen LogP contribution in [0.1, 0.15) is 23.0 Å². The lowest BCUT2D eigenvalue weighted by molar-refractivity contribution is -0.159. The number of hydrogen-bond donors (Lipinski definition) is 4. The van der Waals surface area contributed by atoms with E-state index in [4.69, 9.17) is 0 Å². The van der Waals surface area contributed by atoms with Gasteiger partial charge in [-0.15, -0.1) is 0 Å². The number of carboxylic acid groups (broad SMARTS) is 2. The average Bonchev–Trinajstić information content (AvgIpc) is 2.49. The molecule has 0 aromatic heterocycles. The first-order valence-corrected chi connectivity index (χ1v) is 7.43. The van der Waals surface area contributed by atoms with Gasteiger partial charge in [0.15, 0.2) is 0 Å². The van der Waals surface area contributed by atoms with Crippen LogP contribution in [0, 0.1) is 11.8 Å². The largest absolute Gasteiger partial charge is 0.508 e. The van der Waals surface area contributed by atoms with Gasteiger partial charge in [0, 0.05) is 11.8 Å². The summed E-state index contributed by atoms with van der Waals surface area (Å²) in [7, 11) is 0. The zero-order valence-corrected chi connectivity index (χ0v) is 12.5. The lowest BCUT2D eigenvalue weighted by Gasteiger charge is -2.48. The molecule has 2 aromatic rings. The number of carboxylic acids is 2. The molecule has 24 heavy (non-hydrogen) atoms. The summed E-state index contributed by atoms with van der Waals surface area (Å²) in [5, 5.41) is 38.0. The Morgan fingerprint density at radius 1 is 0.625 bits per heavy atom. The number of hydrogen-bond acceptors (Lipinski definition) is 4. The maximum absolute atomic E-state index is 11.8. The van der Waals surface area contributed by atoms with Crippen molar-refractivity contribution < 1.29 is 30.0 Å². The molecule has 6 nitrogen and oxygen atoms in total. The molecule has 2 aromatic carbocycles. The zero-order chi connectivity index (χ0) is 17.4. The molecule has 0 heterocycles. The van der Waals surface area contributed by atoms with Gasteiger partial charge in [-0.1, -0.05) is 24.3 Å². The highest BCUT2D eigenvalue weighted by atomic mass is 16.4. The summed E-state index contributed by atoms with van der Waals surface area (Å²) >= 11 is 0. The Kier molecular flexibility index (Phi) is 3.89. The molecule has 1 aliphatic carbocycles. The minimum absolute atomic E-state index is 0.0342. The van der Waals surface area contributed by atoms with Crippen molar-refractivity contribution in [3.8, 4) is 11.5 Å². The second kappa shape index (κ2) is 5.88. The summed E-state index contributed by atoms with van der Waals surface area (Å²) in [5.74, 6) is -5.20. The normalized spacial score (nSPS) is 25.7. The summed E-state index contributed by atoms with van der Waals surface area (Å²) in [6.07, 6.45) is 0. The number of aromatic hydroxyl groups is 2. The standard InChI is InChI=1S/C18H16O6/c19-11-5-1-9(2-6-11)13-15(17(21)22)14(16(13)18(23)24)10-3-7-12(20)8-4-10/h1-8,13-16,19-20H,(H,21,22)(H,23,24)/t13-,14-,15-,16-. The van der Waals surface area contributed by atoms with E-state index >= 15 is 0 Å². The van der Waals surface area contributed by atoms with Crippen molar-refractivity contribution in [3.05, 3.63) is 59.7 Å². The summed E-state index contributed by atoms with van der Waals surface area (Å²) in [5.41, 5.74) is 1.14. The third kappa shape index (κ3) is 2.56. The predicted molar refractivity (Wildman–Crippen MR) is 83.9 cm³/mol. The SMILES string of the molecule is O=C(O)[C@H]1[C@H](c2ccc(O)cc2)[C@H](C(=O)O)[C@H]1c1ccc(O)cc1. The fourth-order valence-electron chi connectivity index (χ4n) is 3.58. The summed E-state index contributed by atoms with van der Waals surface area (Å²) in [4.78, 5) is 23.5. The number of benzene rings is 2. The first-order chi connectivity index (χ1) is 11.4. The summed E-state index contributed by atoms with van der Waals surface area (Å²) < 4.78 is 0. The van der Waals surface area contributed by atoms with E-state index in [0.717, 1.165) is 0 Å². The van der Waals surface area contributed by atoms with Gasteiger partial charge in [-0.25, -0.2) is 0 Å². The van der Waals surface area contributed by atoms with Crippen LogP contribution in [0.5, 0.6) is 11.5 Å². The van der Waals surface area contributed by atoms with Crippen LogP contribution in [0.3, 0.4) is 0 Å². The van der Waals surface area contributed by atoms with Crippen LogP contribution >= 0.6 is 0 Å². The highest BCUT2D eigenvalue weighted by molar-refractivity contribution is 5.83. The molecule has 0 spiro atoms. The fraction of sp³-hybridized carbons (Fsp3) is 0.222. The Bertz CT molecular complexity index is 690. The van der Waals surface area contributed by atoms with Crippen molar-refractivity contribution in [2.75, 3.05) is 0 Å². The van der Waals surface area contributed by atoms with Gasteiger partial charge in [0.1, 0.15) is 11.5 Å². The third-order valence-electron chi connectivity index (χ3n) is 4.67. The Balaban J connectivity index is 2.03. The monoisotopic (exact) mass is 328 g/mol. The van der Waals surface area contributed by atoms with Crippen LogP contribution in [-0.2, 0) is 9.59 Å². The summed E-state index contributed by atoms with van der Waals surface area (Å²) in [6, 6.07) is 11.9. The first kappa shape index (κ1) is 15.9. The molecule has 1 fully saturated rings. The minimum atomic E-state index is -1.07. The molecule has 0 unspecified atom stereocenters. The van der Waals surface area contributed by atoms with Gasteiger partial charge in [-0.2, -0.15) is 0 Å². The van der Waals surface area contributed by atoms with E-state index in [9.17, 15) is 30.0 Å². The molecule has 1 aliphatic rings. The van der Waals surface area contributed by atoms with Crippen LogP contribution in [-0.4, -0.2) is 32.4 Å². The van der Waals surface area contributed by atoms with Crippen molar-refractivity contribution in [3.63, 3.8) is 0 Å². The number of phenols is 2. The molecule has 0 bridgehead atoms. The van der Waals surface area contributed by atoms with Gasteiger partial charge < -0.3 is 20.4 Å². The summed E-state index contributed by atoms with van der Waals surface area (Å²) in [6.45, 7) is 0. The van der Waals surface area contributed by atoms with Gasteiger partial charge >= 0.3 is 11.9 Å². The van der Waals surface area contributed by atoms with Gasteiger partial charge in [0.25, 0.3) is 0 Å². The van der Waals surface area contributed by atoms with E-state index in [0.29, 0.717) is 11.1 Å². The minimum Gasteiger partial charge on any atom is -0.508 e. The molecular weight excluding hydrogens is 312 g/mol. The van der Waals surface area contributed by atoms with E-state index in [-0.39, 0.29) is 11.5 Å². The van der Waals surface area contributed by atoms with Crippen LogP contribution in [0.15, 0.2) is 48.5 Å². The molecule has 1 saturated carbocycles. The number of phenolic OH excluding ortho intramolecular Hbond substituents is 2. The molecule has 3 rings (SSSR count). The second-order valence-corrected chi connectivity index (χ2v) is 5.96. The number of rotatable bonds is 4. The van der Waals surface area contributed by atoms with Crippen LogP contribution in [0.2, 0.25) is 0 Å². The average molecular weight is 328 g/mol. The van der Waals surface area contributed by atoms with E-state index in [2.05, 4.69) is 0 Å². The Morgan fingerprint density at radius 2 is 0.917 bits per heavy atom. The third-order valence-corrected chi connectivity index (χ3v) is 4.67. The maximum atomic E-state index is 11.8. The van der Waals surface area contributed by atoms with Gasteiger partial charge in [-0.05, 0) is 35.4 Å². The Hall–Kier alpha value is -3.02. The maximum Gasteiger partial charge on any atom is 0.307 e. The van der Waals surface area contributed by atoms with Crippen LogP contribution < -0.4 is 0 Å². The van der Waals surface area contributed by atoms with Crippen molar-refractivity contribution >= 4 is 11.9 Å². The van der Waals surface area contributed by atoms with Crippen LogP contribution in [0.4, 0.5) is 0 Å². The zero-order valence-electron chi connectivity index (χ0n) is 12.5. The molecule has 0 amide bonds. The molecule has 0 radical (unpaired) electrons. The molecule has 0 saturated heterocycles. The van der Waals surface area contributed by atoms with E-state index < -0.39 is 35.6 Å². The highest BCUT2D eigenvalue weighted by Crippen LogP contribution is 2.57. The van der Waals surface area contributed by atoms with Gasteiger partial charge in [0.05, 0.1) is 11.8 Å². The molecule has 0 aliphatic heterocycles. The van der Waals surface area contributed by atoms with Gasteiger partial charge in [0.2, 0.25) is 0 Å². The van der Waals surface area contributed by atoms with Gasteiger partial charge in [-0.3, -0.25) is 9.59 Å². The van der Waals surface area contributed by atoms with E-state index in [1.807, 2.05) is 0 Å². The molecule has 6 heteroatoms. The lowest BCUT2D eigenvalue weighted by Crippen LogP contribution is -2.50. The predicted octanol–water partition coefficient (Wildman–Crippen LogP) is 2.38. The first-order valence-electron chi connectivity index (χ1n) is 7.43. The quantitative estimate of drug-likeness (QED) is 0.685. The lowest BCUT2D eigenvalue weighted by atomic mass is 9.52. The Morgan fingerprint density at radius 3 is 1.17 bits per heavy atom. The fourth-order valence-corrected chi connectivity index (χ4v) is 3.58. The van der Waals surface area contributed by atoms with Crippen molar-refractivity contribution in [2.24, 2.45) is 11.8 Å². The molecule has 4 N–H and O–H groups in total. The topological polar surface area (TPSA) is 115 Å². The number of carbonyl (C=O) groups is 2. The second-order valence-electron chi connectivity index (χ2n) is 5.96. The molecule has 0 atom stereocenters. The van der Waals surface area contributed by atoms with E-state index in [1.165, 1.54) is 24.3 Å². The Labute approximate surface area is 137 Å². The van der Waals surface area contributed by atoms with E-state index in [1.54, 1.807) is 24.3 Å². The number of aliphatic carboxylic acids is 2. The van der Waals surface area contributed by atoms with Crippen LogP contribution in [0.25, 0.3) is 0 Å². The molecule has 124 valence electrons. The van der Waals surface area contributed by atoms with Crippen molar-refractivity contribution in [2.45, 2.75) is 11.8 Å². The smallest absolute Gasteiger partial charge is 0.307 e. The van der Waals surface area contributed by atoms with Crippen molar-refractivity contribution in [1.29, 1.82) is 0 Å². The van der Waals surface area contributed by atoms with Crippen molar-refractivity contribution in [1.82, 2.24) is 0 Å².